The zero-order valence-electron chi connectivity index (χ0n) is 13.9. The maximum atomic E-state index is 5.84. The van der Waals surface area contributed by atoms with Crippen LogP contribution < -0.4 is 16.8 Å². The van der Waals surface area contributed by atoms with Gasteiger partial charge in [-0.15, -0.1) is 24.8 Å². The SMILES string of the molecule is Cl.Cl.Nc1nc(NCCOCc2ccccc2)cc(C2CC(N)C2)n1. The molecule has 1 aromatic carbocycles. The molecule has 0 bridgehead atoms. The van der Waals surface area contributed by atoms with Gasteiger partial charge < -0.3 is 21.5 Å². The fraction of sp³-hybridized carbons (Fsp3) is 0.412. The van der Waals surface area contributed by atoms with E-state index in [1.165, 1.54) is 5.56 Å². The highest BCUT2D eigenvalue weighted by Crippen LogP contribution is 2.35. The molecule has 5 N–H and O–H groups in total. The second-order valence-corrected chi connectivity index (χ2v) is 5.93. The number of nitrogen functional groups attached to an aromatic ring is 1. The Hall–Kier alpha value is -1.60. The van der Waals surface area contributed by atoms with Crippen molar-refractivity contribution in [3.8, 4) is 0 Å². The second-order valence-electron chi connectivity index (χ2n) is 5.93. The van der Waals surface area contributed by atoms with E-state index in [4.69, 9.17) is 16.2 Å². The van der Waals surface area contributed by atoms with Crippen molar-refractivity contribution in [2.45, 2.75) is 31.4 Å². The van der Waals surface area contributed by atoms with Crippen LogP contribution in [0.5, 0.6) is 0 Å². The lowest BCUT2D eigenvalue weighted by Crippen LogP contribution is -2.35. The van der Waals surface area contributed by atoms with Crippen LogP contribution in [0.2, 0.25) is 0 Å². The molecule has 1 aliphatic carbocycles. The van der Waals surface area contributed by atoms with E-state index < -0.39 is 0 Å². The number of ether oxygens (including phenoxy) is 1. The minimum Gasteiger partial charge on any atom is -0.375 e. The molecule has 1 heterocycles. The third-order valence-corrected chi connectivity index (χ3v) is 4.02. The first-order valence-electron chi connectivity index (χ1n) is 7.96. The fourth-order valence-electron chi connectivity index (χ4n) is 2.70. The molecule has 0 aliphatic heterocycles. The van der Waals surface area contributed by atoms with E-state index >= 15 is 0 Å². The summed E-state index contributed by atoms with van der Waals surface area (Å²) in [4.78, 5) is 8.53. The van der Waals surface area contributed by atoms with Gasteiger partial charge in [0.2, 0.25) is 5.95 Å². The van der Waals surface area contributed by atoms with Crippen molar-refractivity contribution < 1.29 is 4.74 Å². The number of anilines is 2. The van der Waals surface area contributed by atoms with E-state index in [1.807, 2.05) is 36.4 Å². The zero-order chi connectivity index (χ0) is 16.1. The summed E-state index contributed by atoms with van der Waals surface area (Å²) in [6.07, 6.45) is 1.94. The minimum atomic E-state index is 0. The predicted molar refractivity (Wildman–Crippen MR) is 105 cm³/mol. The van der Waals surface area contributed by atoms with Gasteiger partial charge in [-0.3, -0.25) is 0 Å². The molecule has 25 heavy (non-hydrogen) atoms. The van der Waals surface area contributed by atoms with Gasteiger partial charge >= 0.3 is 0 Å². The van der Waals surface area contributed by atoms with Crippen molar-refractivity contribution in [2.24, 2.45) is 5.73 Å². The number of nitrogens with one attached hydrogen (secondary N) is 1. The summed E-state index contributed by atoms with van der Waals surface area (Å²) in [5.41, 5.74) is 13.8. The Balaban J connectivity index is 0.00000156. The highest BCUT2D eigenvalue weighted by atomic mass is 35.5. The van der Waals surface area contributed by atoms with Crippen LogP contribution in [0.1, 0.15) is 30.0 Å². The Labute approximate surface area is 160 Å². The van der Waals surface area contributed by atoms with Crippen LogP contribution in [0.25, 0.3) is 0 Å². The van der Waals surface area contributed by atoms with Crippen molar-refractivity contribution in [3.05, 3.63) is 47.7 Å². The van der Waals surface area contributed by atoms with Crippen molar-refractivity contribution in [1.82, 2.24) is 9.97 Å². The van der Waals surface area contributed by atoms with Gasteiger partial charge in [0.15, 0.2) is 0 Å². The molecular weight excluding hydrogens is 361 g/mol. The quantitative estimate of drug-likeness (QED) is 0.633. The highest BCUT2D eigenvalue weighted by molar-refractivity contribution is 5.85. The number of halogens is 2. The molecule has 1 saturated carbocycles. The van der Waals surface area contributed by atoms with Gasteiger partial charge in [-0.2, -0.15) is 4.98 Å². The van der Waals surface area contributed by atoms with E-state index in [0.717, 1.165) is 24.4 Å². The standard InChI is InChI=1S/C17H23N5O.2ClH/c18-14-8-13(9-14)15-10-16(22-17(19)21-15)20-6-7-23-11-12-4-2-1-3-5-12;;/h1-5,10,13-14H,6-9,11,18H2,(H3,19,20,21,22);2*1H. The van der Waals surface area contributed by atoms with Crippen LogP contribution in [-0.2, 0) is 11.3 Å². The molecule has 0 radical (unpaired) electrons. The Bertz CT molecular complexity index is 638. The Morgan fingerprint density at radius 1 is 1.12 bits per heavy atom. The molecule has 8 heteroatoms. The first kappa shape index (κ1) is 21.4. The van der Waals surface area contributed by atoms with Gasteiger partial charge in [-0.05, 0) is 18.4 Å². The number of nitrogens with two attached hydrogens (primary N) is 2. The molecular formula is C17H25Cl2N5O. The molecule has 6 nitrogen and oxygen atoms in total. The number of hydrogen-bond donors (Lipinski definition) is 3. The number of aromatic nitrogens is 2. The van der Waals surface area contributed by atoms with Gasteiger partial charge in [-0.1, -0.05) is 30.3 Å². The van der Waals surface area contributed by atoms with Gasteiger partial charge in [-0.25, -0.2) is 4.98 Å². The number of benzene rings is 1. The summed E-state index contributed by atoms with van der Waals surface area (Å²) < 4.78 is 5.64. The first-order chi connectivity index (χ1) is 11.2. The minimum absolute atomic E-state index is 0. The first-order valence-corrected chi connectivity index (χ1v) is 7.96. The molecule has 0 spiro atoms. The van der Waals surface area contributed by atoms with Crippen LogP contribution in [0.4, 0.5) is 11.8 Å². The molecule has 2 aromatic rings. The van der Waals surface area contributed by atoms with Crippen molar-refractivity contribution in [1.29, 1.82) is 0 Å². The molecule has 1 fully saturated rings. The van der Waals surface area contributed by atoms with Crippen LogP contribution in [-0.4, -0.2) is 29.2 Å². The van der Waals surface area contributed by atoms with E-state index in [2.05, 4.69) is 15.3 Å². The second kappa shape index (κ2) is 10.4. The molecule has 1 aliphatic rings. The van der Waals surface area contributed by atoms with Gasteiger partial charge in [0, 0.05) is 24.6 Å². The molecule has 0 atom stereocenters. The zero-order valence-corrected chi connectivity index (χ0v) is 15.6. The summed E-state index contributed by atoms with van der Waals surface area (Å²) in [6.45, 7) is 1.88. The van der Waals surface area contributed by atoms with E-state index in [0.29, 0.717) is 37.7 Å². The molecule has 3 rings (SSSR count). The molecule has 0 unspecified atom stereocenters. The van der Waals surface area contributed by atoms with E-state index in [9.17, 15) is 0 Å². The smallest absolute Gasteiger partial charge is 0.222 e. The number of hydrogen-bond acceptors (Lipinski definition) is 6. The largest absolute Gasteiger partial charge is 0.375 e. The molecule has 1 aromatic heterocycles. The lowest BCUT2D eigenvalue weighted by Gasteiger charge is -2.32. The summed E-state index contributed by atoms with van der Waals surface area (Å²) in [7, 11) is 0. The van der Waals surface area contributed by atoms with Crippen LogP contribution in [0.3, 0.4) is 0 Å². The topological polar surface area (TPSA) is 99.1 Å². The van der Waals surface area contributed by atoms with Crippen LogP contribution in [0, 0.1) is 0 Å². The summed E-state index contributed by atoms with van der Waals surface area (Å²) >= 11 is 0. The Morgan fingerprint density at radius 3 is 2.52 bits per heavy atom. The van der Waals surface area contributed by atoms with Gasteiger partial charge in [0.25, 0.3) is 0 Å². The number of nitrogens with zero attached hydrogens (tertiary/aromatic N) is 2. The lowest BCUT2D eigenvalue weighted by molar-refractivity contribution is 0.130. The highest BCUT2D eigenvalue weighted by Gasteiger charge is 2.29. The van der Waals surface area contributed by atoms with Gasteiger partial charge in [0.1, 0.15) is 5.82 Å². The Kier molecular flexibility index (Phi) is 8.92. The van der Waals surface area contributed by atoms with Crippen molar-refractivity contribution >= 4 is 36.6 Å². The maximum Gasteiger partial charge on any atom is 0.222 e. The number of rotatable bonds is 7. The molecule has 138 valence electrons. The van der Waals surface area contributed by atoms with Crippen LogP contribution >= 0.6 is 24.8 Å². The van der Waals surface area contributed by atoms with E-state index in [-0.39, 0.29) is 24.8 Å². The summed E-state index contributed by atoms with van der Waals surface area (Å²) in [6, 6.07) is 12.4. The molecule has 0 saturated heterocycles. The van der Waals surface area contributed by atoms with Crippen LogP contribution in [0.15, 0.2) is 36.4 Å². The predicted octanol–water partition coefficient (Wildman–Crippen LogP) is 2.74. The molecule has 0 amide bonds. The Morgan fingerprint density at radius 2 is 1.84 bits per heavy atom. The van der Waals surface area contributed by atoms with Crippen molar-refractivity contribution in [2.75, 3.05) is 24.2 Å². The maximum absolute atomic E-state index is 5.84. The lowest BCUT2D eigenvalue weighted by atomic mass is 9.78. The van der Waals surface area contributed by atoms with E-state index in [1.54, 1.807) is 0 Å². The summed E-state index contributed by atoms with van der Waals surface area (Å²) in [5, 5.41) is 3.24. The van der Waals surface area contributed by atoms with Crippen molar-refractivity contribution in [3.63, 3.8) is 0 Å². The normalized spacial score (nSPS) is 18.4. The fourth-order valence-corrected chi connectivity index (χ4v) is 2.70. The third-order valence-electron chi connectivity index (χ3n) is 4.02. The average Bonchev–Trinajstić information content (AvgIpc) is 2.52. The monoisotopic (exact) mass is 385 g/mol. The summed E-state index contributed by atoms with van der Waals surface area (Å²) in [5.74, 6) is 1.46. The van der Waals surface area contributed by atoms with Gasteiger partial charge in [0.05, 0.1) is 18.9 Å². The third kappa shape index (κ3) is 6.32. The average molecular weight is 386 g/mol.